The van der Waals surface area contributed by atoms with Crippen LogP contribution in [0.15, 0.2) is 35.3 Å². The molecule has 0 saturated carbocycles. The number of aromatic amines is 1. The first-order chi connectivity index (χ1) is 15.8. The predicted octanol–water partition coefficient (Wildman–Crippen LogP) is 2.66. The molecule has 0 unspecified atom stereocenters. The van der Waals surface area contributed by atoms with Crippen molar-refractivity contribution >= 4 is 40.8 Å². The Labute approximate surface area is 199 Å². The van der Waals surface area contributed by atoms with Crippen LogP contribution in [-0.4, -0.2) is 64.3 Å². The summed E-state index contributed by atoms with van der Waals surface area (Å²) in [5.74, 6) is 1.18. The third kappa shape index (κ3) is 5.61. The molecule has 0 aliphatic carbocycles. The summed E-state index contributed by atoms with van der Waals surface area (Å²) in [6.07, 6.45) is 6.33. The Morgan fingerprint density at radius 1 is 0.939 bits per heavy atom. The van der Waals surface area contributed by atoms with Gasteiger partial charge in [0.2, 0.25) is 5.95 Å². The Hall–Kier alpha value is -2.75. The van der Waals surface area contributed by atoms with Crippen LogP contribution in [0, 0.1) is 0 Å². The zero-order chi connectivity index (χ0) is 21.8. The molecule has 0 spiro atoms. The zero-order valence-corrected chi connectivity index (χ0v) is 19.5. The fourth-order valence-electron chi connectivity index (χ4n) is 4.45. The highest BCUT2D eigenvalue weighted by molar-refractivity contribution is 5.90. The molecule has 176 valence electrons. The minimum Gasteiger partial charge on any atom is -0.341 e. The second kappa shape index (κ2) is 10.9. The molecule has 0 atom stereocenters. The number of hydrogen-bond acceptors (Lipinski definition) is 8. The van der Waals surface area contributed by atoms with Gasteiger partial charge in [-0.25, -0.2) is 10.1 Å². The molecule has 0 bridgehead atoms. The van der Waals surface area contributed by atoms with E-state index in [1.54, 1.807) is 6.20 Å². The standard InChI is InChI=1S/C23H30N8O.ClH/c32-22-20-19(15-25-29-22)27-23(31-11-3-1-2-4-12-31)28-21(20)26-18-7-5-17(6-8-18)16-30-13-9-24-10-14-30;/h5-8,15,24H,1-4,9-14,16H2,(H,29,32)(H,26,27,28);1H. The Balaban J connectivity index is 0.00000259. The van der Waals surface area contributed by atoms with Crippen LogP contribution in [0.5, 0.6) is 0 Å². The fourth-order valence-corrected chi connectivity index (χ4v) is 4.45. The Morgan fingerprint density at radius 2 is 1.67 bits per heavy atom. The topological polar surface area (TPSA) is 102 Å². The van der Waals surface area contributed by atoms with Crippen molar-refractivity contribution in [3.8, 4) is 0 Å². The first-order valence-corrected chi connectivity index (χ1v) is 11.6. The monoisotopic (exact) mass is 470 g/mol. The second-order valence-electron chi connectivity index (χ2n) is 8.58. The van der Waals surface area contributed by atoms with E-state index >= 15 is 0 Å². The summed E-state index contributed by atoms with van der Waals surface area (Å²) in [6.45, 7) is 7.05. The molecule has 3 aromatic rings. The van der Waals surface area contributed by atoms with Crippen molar-refractivity contribution in [1.82, 2.24) is 30.4 Å². The summed E-state index contributed by atoms with van der Waals surface area (Å²) in [4.78, 5) is 26.7. The summed E-state index contributed by atoms with van der Waals surface area (Å²) in [5.41, 5.74) is 2.44. The predicted molar refractivity (Wildman–Crippen MR) is 134 cm³/mol. The van der Waals surface area contributed by atoms with Crippen LogP contribution in [0.3, 0.4) is 0 Å². The van der Waals surface area contributed by atoms with Gasteiger partial charge in [0.15, 0.2) is 0 Å². The molecule has 33 heavy (non-hydrogen) atoms. The maximum absolute atomic E-state index is 12.5. The van der Waals surface area contributed by atoms with Crippen LogP contribution in [0.4, 0.5) is 17.5 Å². The largest absolute Gasteiger partial charge is 0.341 e. The van der Waals surface area contributed by atoms with E-state index in [9.17, 15) is 4.79 Å². The van der Waals surface area contributed by atoms with Gasteiger partial charge in [0.1, 0.15) is 16.7 Å². The molecule has 0 radical (unpaired) electrons. The van der Waals surface area contributed by atoms with Crippen molar-refractivity contribution in [2.45, 2.75) is 32.2 Å². The van der Waals surface area contributed by atoms with Crippen LogP contribution in [0.2, 0.25) is 0 Å². The van der Waals surface area contributed by atoms with Crippen molar-refractivity contribution in [3.63, 3.8) is 0 Å². The first kappa shape index (κ1) is 23.4. The SMILES string of the molecule is Cl.O=c1[nH]ncc2nc(N3CCCCCC3)nc(Nc3ccc(CN4CCNCC4)cc3)c12. The van der Waals surface area contributed by atoms with Gasteiger partial charge in [-0.15, -0.1) is 12.4 Å². The summed E-state index contributed by atoms with van der Waals surface area (Å²) < 4.78 is 0. The number of nitrogens with zero attached hydrogens (tertiary/aromatic N) is 5. The van der Waals surface area contributed by atoms with Crippen LogP contribution in [0.1, 0.15) is 31.2 Å². The van der Waals surface area contributed by atoms with E-state index in [1.165, 1.54) is 18.4 Å². The lowest BCUT2D eigenvalue weighted by atomic mass is 10.2. The number of halogens is 1. The summed E-state index contributed by atoms with van der Waals surface area (Å²) >= 11 is 0. The molecule has 1 aromatic carbocycles. The number of anilines is 3. The molecule has 2 aliphatic heterocycles. The normalized spacial score (nSPS) is 17.4. The van der Waals surface area contributed by atoms with E-state index in [0.29, 0.717) is 22.7 Å². The maximum atomic E-state index is 12.5. The molecule has 5 rings (SSSR count). The number of fused-ring (bicyclic) bond motifs is 1. The van der Waals surface area contributed by atoms with E-state index in [0.717, 1.165) is 64.3 Å². The second-order valence-corrected chi connectivity index (χ2v) is 8.58. The van der Waals surface area contributed by atoms with Gasteiger partial charge in [0, 0.05) is 51.5 Å². The number of aromatic nitrogens is 4. The van der Waals surface area contributed by atoms with Gasteiger partial charge < -0.3 is 15.5 Å². The van der Waals surface area contributed by atoms with Gasteiger partial charge in [0.05, 0.1) is 6.20 Å². The molecule has 3 N–H and O–H groups in total. The van der Waals surface area contributed by atoms with Crippen LogP contribution in [-0.2, 0) is 6.54 Å². The van der Waals surface area contributed by atoms with Gasteiger partial charge in [-0.2, -0.15) is 10.1 Å². The molecule has 4 heterocycles. The molecular weight excluding hydrogens is 440 g/mol. The van der Waals surface area contributed by atoms with E-state index < -0.39 is 0 Å². The van der Waals surface area contributed by atoms with Crippen LogP contribution < -0.4 is 21.1 Å². The Kier molecular flexibility index (Phi) is 7.74. The van der Waals surface area contributed by atoms with Gasteiger partial charge in [0.25, 0.3) is 5.56 Å². The molecule has 10 heteroatoms. The van der Waals surface area contributed by atoms with Crippen molar-refractivity contribution in [3.05, 3.63) is 46.4 Å². The maximum Gasteiger partial charge on any atom is 0.277 e. The van der Waals surface area contributed by atoms with E-state index in [4.69, 9.17) is 4.98 Å². The van der Waals surface area contributed by atoms with Crippen molar-refractivity contribution in [2.24, 2.45) is 0 Å². The highest BCUT2D eigenvalue weighted by Gasteiger charge is 2.18. The van der Waals surface area contributed by atoms with Crippen molar-refractivity contribution < 1.29 is 0 Å². The van der Waals surface area contributed by atoms with Crippen LogP contribution in [0.25, 0.3) is 10.9 Å². The Bertz CT molecular complexity index is 1110. The third-order valence-electron chi connectivity index (χ3n) is 6.23. The van der Waals surface area contributed by atoms with Gasteiger partial charge in [-0.05, 0) is 30.5 Å². The van der Waals surface area contributed by atoms with Crippen molar-refractivity contribution in [1.29, 1.82) is 0 Å². The number of benzene rings is 1. The number of nitrogens with one attached hydrogen (secondary N) is 3. The minimum absolute atomic E-state index is 0. The summed E-state index contributed by atoms with van der Waals surface area (Å²) in [6, 6.07) is 8.36. The minimum atomic E-state index is -0.289. The first-order valence-electron chi connectivity index (χ1n) is 11.6. The molecule has 2 aliphatic rings. The van der Waals surface area contributed by atoms with Gasteiger partial charge >= 0.3 is 0 Å². The van der Waals surface area contributed by atoms with E-state index in [-0.39, 0.29) is 18.0 Å². The molecule has 2 saturated heterocycles. The number of hydrogen-bond donors (Lipinski definition) is 3. The lowest BCUT2D eigenvalue weighted by Crippen LogP contribution is -2.42. The summed E-state index contributed by atoms with van der Waals surface area (Å²) in [7, 11) is 0. The number of H-pyrrole nitrogens is 1. The molecule has 2 fully saturated rings. The lowest BCUT2D eigenvalue weighted by molar-refractivity contribution is 0.233. The number of rotatable bonds is 5. The quantitative estimate of drug-likeness (QED) is 0.523. The average Bonchev–Trinajstić information content (AvgIpc) is 3.11. The van der Waals surface area contributed by atoms with Crippen molar-refractivity contribution in [2.75, 3.05) is 49.5 Å². The van der Waals surface area contributed by atoms with Crippen LogP contribution >= 0.6 is 12.4 Å². The zero-order valence-electron chi connectivity index (χ0n) is 18.7. The van der Waals surface area contributed by atoms with Gasteiger partial charge in [-0.1, -0.05) is 25.0 Å². The van der Waals surface area contributed by atoms with E-state index in [1.807, 2.05) is 12.1 Å². The lowest BCUT2D eigenvalue weighted by Gasteiger charge is -2.27. The fraction of sp³-hybridized carbons (Fsp3) is 0.478. The highest BCUT2D eigenvalue weighted by Crippen LogP contribution is 2.25. The summed E-state index contributed by atoms with van der Waals surface area (Å²) in [5, 5.41) is 13.6. The molecular formula is C23H31ClN8O. The molecule has 2 aromatic heterocycles. The average molecular weight is 471 g/mol. The van der Waals surface area contributed by atoms with E-state index in [2.05, 4.69) is 47.7 Å². The smallest absolute Gasteiger partial charge is 0.277 e. The molecule has 0 amide bonds. The third-order valence-corrected chi connectivity index (χ3v) is 6.23. The highest BCUT2D eigenvalue weighted by atomic mass is 35.5. The molecule has 9 nitrogen and oxygen atoms in total. The van der Waals surface area contributed by atoms with Gasteiger partial charge in [-0.3, -0.25) is 9.69 Å². The Morgan fingerprint density at radius 3 is 2.39 bits per heavy atom. The number of piperazine rings is 1.